The number of carbonyl (C=O) groups excluding carboxylic acids is 1. The first-order valence-corrected chi connectivity index (χ1v) is 13.2. The number of aliphatic hydroxyl groups is 2. The number of aromatic nitrogens is 2. The van der Waals surface area contributed by atoms with E-state index in [1.165, 1.54) is 17.7 Å². The van der Waals surface area contributed by atoms with Gasteiger partial charge in [-0.05, 0) is 52.0 Å². The molecule has 14 heteroatoms. The second-order valence-electron chi connectivity index (χ2n) is 8.56. The number of ether oxygens (including phenoxy) is 2. The summed E-state index contributed by atoms with van der Waals surface area (Å²) >= 11 is 5.15. The summed E-state index contributed by atoms with van der Waals surface area (Å²) in [6.45, 7) is 5.87. The van der Waals surface area contributed by atoms with Crippen molar-refractivity contribution in [1.82, 2.24) is 14.6 Å². The third kappa shape index (κ3) is 6.88. The van der Waals surface area contributed by atoms with Gasteiger partial charge in [0, 0.05) is 11.8 Å². The van der Waals surface area contributed by atoms with Gasteiger partial charge >= 0.3 is 13.7 Å². The molecule has 3 rings (SSSR count). The number of rotatable bonds is 10. The molecule has 0 radical (unpaired) electrons. The average molecular weight is 544 g/mol. The highest BCUT2D eigenvalue weighted by atomic mass is 32.1. The van der Waals surface area contributed by atoms with Crippen LogP contribution in [-0.2, 0) is 23.4 Å². The summed E-state index contributed by atoms with van der Waals surface area (Å²) in [5.41, 5.74) is -0.0693. The molecule has 2 aromatic rings. The molecule has 0 saturated carbocycles. The number of H-pyrrole nitrogens is 1. The minimum atomic E-state index is -4.21. The van der Waals surface area contributed by atoms with Crippen molar-refractivity contribution in [2.45, 2.75) is 64.4 Å². The maximum Gasteiger partial charge on any atom is 0.459 e. The molecular weight excluding hydrogens is 513 g/mol. The second kappa shape index (κ2) is 11.8. The molecule has 1 aromatic carbocycles. The number of esters is 1. The van der Waals surface area contributed by atoms with Crippen LogP contribution in [0.15, 0.2) is 41.3 Å². The number of nitrogens with zero attached hydrogens (tertiary/aromatic N) is 1. The Morgan fingerprint density at radius 3 is 2.56 bits per heavy atom. The topological polar surface area (TPSA) is 161 Å². The van der Waals surface area contributed by atoms with E-state index in [4.69, 9.17) is 30.7 Å². The maximum absolute atomic E-state index is 13.6. The van der Waals surface area contributed by atoms with E-state index < -0.39 is 50.9 Å². The average Bonchev–Trinajstić information content (AvgIpc) is 3.08. The molecule has 3 unspecified atom stereocenters. The van der Waals surface area contributed by atoms with Crippen LogP contribution in [0, 0.1) is 11.7 Å². The van der Waals surface area contributed by atoms with Crippen LogP contribution in [0.25, 0.3) is 0 Å². The smallest absolute Gasteiger partial charge is 0.459 e. The summed E-state index contributed by atoms with van der Waals surface area (Å²) in [7, 11) is -4.21. The number of hydrogen-bond donors (Lipinski definition) is 4. The molecule has 0 spiro atoms. The zero-order valence-corrected chi connectivity index (χ0v) is 21.9. The highest BCUT2D eigenvalue weighted by molar-refractivity contribution is 7.71. The molecule has 198 valence electrons. The van der Waals surface area contributed by atoms with Crippen molar-refractivity contribution < 1.29 is 38.1 Å². The first kappa shape index (κ1) is 28.2. The van der Waals surface area contributed by atoms with E-state index >= 15 is 0 Å². The molecule has 4 N–H and O–H groups in total. The molecule has 2 heterocycles. The lowest BCUT2D eigenvalue weighted by Crippen LogP contribution is -2.38. The van der Waals surface area contributed by atoms with Gasteiger partial charge in [0.1, 0.15) is 30.1 Å². The van der Waals surface area contributed by atoms with Crippen LogP contribution in [-0.4, -0.2) is 62.8 Å². The van der Waals surface area contributed by atoms with E-state index in [9.17, 15) is 24.4 Å². The normalized spacial score (nSPS) is 24.3. The second-order valence-corrected chi connectivity index (χ2v) is 10.6. The van der Waals surface area contributed by atoms with Gasteiger partial charge in [0.05, 0.1) is 12.7 Å². The Morgan fingerprint density at radius 1 is 1.25 bits per heavy atom. The van der Waals surface area contributed by atoms with Crippen molar-refractivity contribution in [3.8, 4) is 5.75 Å². The summed E-state index contributed by atoms with van der Waals surface area (Å²) in [6, 6.07) is 7.11. The lowest BCUT2D eigenvalue weighted by molar-refractivity contribution is -0.149. The van der Waals surface area contributed by atoms with Crippen LogP contribution < -0.4 is 15.2 Å². The van der Waals surface area contributed by atoms with Gasteiger partial charge in [0.15, 0.2) is 11.0 Å². The molecule has 0 bridgehead atoms. The van der Waals surface area contributed by atoms with Crippen molar-refractivity contribution >= 4 is 25.9 Å². The maximum atomic E-state index is 13.6. The Labute approximate surface area is 212 Å². The number of aliphatic hydroxyl groups excluding tert-OH is 2. The lowest BCUT2D eigenvalue weighted by atomic mass is 10.1. The summed E-state index contributed by atoms with van der Waals surface area (Å²) in [5, 5.41) is 23.7. The van der Waals surface area contributed by atoms with E-state index in [0.717, 1.165) is 0 Å². The third-order valence-electron chi connectivity index (χ3n) is 5.19. The lowest BCUT2D eigenvalue weighted by Gasteiger charge is -2.25. The van der Waals surface area contributed by atoms with Crippen molar-refractivity contribution in [2.75, 3.05) is 6.61 Å². The molecule has 1 aromatic heterocycles. The molecule has 1 saturated heterocycles. The largest absolute Gasteiger partial charge is 0.462 e. The number of nitrogens with one attached hydrogen (secondary N) is 2. The fraction of sp³-hybridized carbons (Fsp3) is 0.500. The minimum Gasteiger partial charge on any atom is -0.462 e. The predicted octanol–water partition coefficient (Wildman–Crippen LogP) is 1.97. The molecule has 0 amide bonds. The van der Waals surface area contributed by atoms with Crippen LogP contribution in [0.2, 0.25) is 0 Å². The van der Waals surface area contributed by atoms with Crippen LogP contribution in [0.3, 0.4) is 0 Å². The molecule has 0 aliphatic carbocycles. The van der Waals surface area contributed by atoms with Gasteiger partial charge in [-0.1, -0.05) is 18.2 Å². The zero-order valence-electron chi connectivity index (χ0n) is 20.2. The van der Waals surface area contributed by atoms with Crippen LogP contribution >= 0.6 is 20.0 Å². The summed E-state index contributed by atoms with van der Waals surface area (Å²) in [4.78, 5) is 26.5. The number of hydrogen-bond acceptors (Lipinski definition) is 10. The quantitative estimate of drug-likeness (QED) is 0.197. The van der Waals surface area contributed by atoms with Gasteiger partial charge in [0.25, 0.3) is 5.56 Å². The fourth-order valence-corrected chi connectivity index (χ4v) is 5.13. The zero-order chi connectivity index (χ0) is 26.6. The summed E-state index contributed by atoms with van der Waals surface area (Å²) in [6.07, 6.45) is -4.15. The Kier molecular flexibility index (Phi) is 9.23. The monoisotopic (exact) mass is 543 g/mol. The van der Waals surface area contributed by atoms with Gasteiger partial charge in [-0.15, -0.1) is 0 Å². The highest BCUT2D eigenvalue weighted by Crippen LogP contribution is 2.46. The Bertz CT molecular complexity index is 1220. The predicted molar refractivity (Wildman–Crippen MR) is 131 cm³/mol. The Morgan fingerprint density at radius 2 is 1.92 bits per heavy atom. The first-order chi connectivity index (χ1) is 16.9. The highest BCUT2D eigenvalue weighted by Gasteiger charge is 2.45. The van der Waals surface area contributed by atoms with Crippen molar-refractivity contribution in [3.63, 3.8) is 0 Å². The molecule has 1 fully saturated rings. The Hall–Kier alpha value is -2.38. The third-order valence-corrected chi connectivity index (χ3v) is 7.15. The molecule has 1 aliphatic heterocycles. The van der Waals surface area contributed by atoms with Crippen LogP contribution in [0.1, 0.15) is 32.6 Å². The number of benzene rings is 1. The van der Waals surface area contributed by atoms with Gasteiger partial charge in [-0.3, -0.25) is 23.7 Å². The SMILES string of the molecule is Cc1cn([C@H]2OC(COP(=O)(N[C@@H](C)C(=O)OC(C)C)Oc3ccccc3)[C@@H](O)C2O)c(=S)[nH]c1=O. The molecule has 1 aliphatic rings. The molecule has 6 atom stereocenters. The van der Waals surface area contributed by atoms with E-state index in [2.05, 4.69) is 10.1 Å². The summed E-state index contributed by atoms with van der Waals surface area (Å²) < 4.78 is 36.9. The van der Waals surface area contributed by atoms with Gasteiger partial charge in [-0.25, -0.2) is 4.57 Å². The van der Waals surface area contributed by atoms with E-state index in [1.54, 1.807) is 51.1 Å². The van der Waals surface area contributed by atoms with Gasteiger partial charge in [-0.2, -0.15) is 5.09 Å². The van der Waals surface area contributed by atoms with Gasteiger partial charge in [0.2, 0.25) is 0 Å². The standard InChI is InChI=1S/C22H30N3O9PS/c1-12(2)32-21(29)14(4)24-35(30,34-15-8-6-5-7-9-15)31-11-16-17(26)18(27)20(33-16)25-10-13(3)19(28)23-22(25)36/h5-10,12,14,16-18,20,26-27H,11H2,1-4H3,(H,24,30)(H,23,28,36)/t14-,16?,17+,18?,20-,35?/m0/s1. The summed E-state index contributed by atoms with van der Waals surface area (Å²) in [5.74, 6) is -0.459. The number of aryl methyl sites for hydroxylation is 1. The van der Waals surface area contributed by atoms with Gasteiger partial charge < -0.3 is 24.2 Å². The fourth-order valence-electron chi connectivity index (χ4n) is 3.38. The van der Waals surface area contributed by atoms with Crippen molar-refractivity contribution in [3.05, 3.63) is 57.2 Å². The molecule has 36 heavy (non-hydrogen) atoms. The minimum absolute atomic E-state index is 0.0133. The van der Waals surface area contributed by atoms with Crippen LogP contribution in [0.4, 0.5) is 0 Å². The van der Waals surface area contributed by atoms with Crippen molar-refractivity contribution in [2.24, 2.45) is 0 Å². The molecular formula is C22H30N3O9PS. The van der Waals surface area contributed by atoms with E-state index in [1.807, 2.05) is 0 Å². The molecule has 12 nitrogen and oxygen atoms in total. The van der Waals surface area contributed by atoms with Crippen molar-refractivity contribution in [1.29, 1.82) is 0 Å². The Balaban J connectivity index is 1.77. The number of aromatic amines is 1. The first-order valence-electron chi connectivity index (χ1n) is 11.2. The number of carbonyl (C=O) groups is 1. The number of para-hydroxylation sites is 1. The van der Waals surface area contributed by atoms with Crippen LogP contribution in [0.5, 0.6) is 5.75 Å². The van der Waals surface area contributed by atoms with E-state index in [-0.39, 0.29) is 22.2 Å². The van der Waals surface area contributed by atoms with E-state index in [0.29, 0.717) is 5.56 Å².